The third-order valence-corrected chi connectivity index (χ3v) is 9.51. The molecule has 1 aromatic rings. The van der Waals surface area contributed by atoms with Crippen LogP contribution in [-0.4, -0.2) is 50.5 Å². The zero-order valence-electron chi connectivity index (χ0n) is 23.7. The molecule has 2 fully saturated rings. The maximum atomic E-state index is 14.2. The SMILES string of the molecule is CC(=O)C1C(=O)C(C(C)C)[C@@]2(C)C[C@@]3(C)Cc4c(C(=O)CCC(C)C)ccc(O)c4C(=O)C3C(=O)[C@@]2(O)C1=O. The molecule has 39 heavy (non-hydrogen) atoms. The van der Waals surface area contributed by atoms with Crippen molar-refractivity contribution in [3.05, 3.63) is 28.8 Å². The smallest absolute Gasteiger partial charge is 0.190 e. The van der Waals surface area contributed by atoms with E-state index in [1.54, 1.807) is 20.8 Å². The fourth-order valence-corrected chi connectivity index (χ4v) is 7.95. The number of carbonyl (C=O) groups excluding carboxylic acids is 6. The molecule has 0 amide bonds. The molecule has 3 aliphatic rings. The maximum Gasteiger partial charge on any atom is 0.190 e. The molecule has 210 valence electrons. The minimum Gasteiger partial charge on any atom is -0.507 e. The van der Waals surface area contributed by atoms with Gasteiger partial charge in [-0.1, -0.05) is 41.5 Å². The second-order valence-electron chi connectivity index (χ2n) is 13.2. The molecule has 0 radical (unpaired) electrons. The van der Waals surface area contributed by atoms with Crippen LogP contribution in [-0.2, 0) is 25.6 Å². The summed E-state index contributed by atoms with van der Waals surface area (Å²) in [5, 5.41) is 22.7. The monoisotopic (exact) mass is 538 g/mol. The molecule has 8 nitrogen and oxygen atoms in total. The van der Waals surface area contributed by atoms with Gasteiger partial charge < -0.3 is 10.2 Å². The van der Waals surface area contributed by atoms with E-state index >= 15 is 0 Å². The Kier molecular flexibility index (Phi) is 6.91. The van der Waals surface area contributed by atoms with Gasteiger partial charge in [0.05, 0.1) is 11.5 Å². The van der Waals surface area contributed by atoms with Crippen LogP contribution in [0.15, 0.2) is 12.1 Å². The van der Waals surface area contributed by atoms with Gasteiger partial charge in [0.15, 0.2) is 34.5 Å². The molecule has 0 aromatic heterocycles. The van der Waals surface area contributed by atoms with Crippen LogP contribution in [0.4, 0.5) is 0 Å². The van der Waals surface area contributed by atoms with E-state index in [0.29, 0.717) is 17.5 Å². The van der Waals surface area contributed by atoms with Crippen molar-refractivity contribution >= 4 is 34.7 Å². The number of rotatable bonds is 6. The average Bonchev–Trinajstić information content (AvgIpc) is 2.79. The van der Waals surface area contributed by atoms with Crippen LogP contribution in [0, 0.1) is 40.4 Å². The van der Waals surface area contributed by atoms with Gasteiger partial charge in [-0.15, -0.1) is 0 Å². The molecule has 2 saturated carbocycles. The summed E-state index contributed by atoms with van der Waals surface area (Å²) in [5.74, 6) is -9.31. The molecular formula is C31H38O8. The molecule has 1 aromatic carbocycles. The Labute approximate surface area is 228 Å². The van der Waals surface area contributed by atoms with Gasteiger partial charge in [0.2, 0.25) is 0 Å². The van der Waals surface area contributed by atoms with Gasteiger partial charge in [0, 0.05) is 23.3 Å². The van der Waals surface area contributed by atoms with E-state index in [4.69, 9.17) is 0 Å². The van der Waals surface area contributed by atoms with Crippen molar-refractivity contribution in [1.82, 2.24) is 0 Å². The number of hydrogen-bond donors (Lipinski definition) is 2. The Hall–Kier alpha value is -3.00. The van der Waals surface area contributed by atoms with Crippen LogP contribution >= 0.6 is 0 Å². The van der Waals surface area contributed by atoms with Gasteiger partial charge >= 0.3 is 0 Å². The fraction of sp³-hybridized carbons (Fsp3) is 0.613. The Bertz CT molecular complexity index is 1320. The molecule has 0 bridgehead atoms. The first-order valence-electron chi connectivity index (χ1n) is 13.7. The summed E-state index contributed by atoms with van der Waals surface area (Å²) in [7, 11) is 0. The third-order valence-electron chi connectivity index (χ3n) is 9.51. The first kappa shape index (κ1) is 29.0. The number of phenolic OH excluding ortho intramolecular Hbond substituents is 1. The summed E-state index contributed by atoms with van der Waals surface area (Å²) < 4.78 is 0. The quantitative estimate of drug-likeness (QED) is 0.412. The van der Waals surface area contributed by atoms with Crippen molar-refractivity contribution in [3.8, 4) is 5.75 Å². The highest BCUT2D eigenvalue weighted by Gasteiger charge is 2.76. The van der Waals surface area contributed by atoms with Gasteiger partial charge in [0.1, 0.15) is 17.5 Å². The number of fused-ring (bicyclic) bond motifs is 3. The number of hydrogen-bond acceptors (Lipinski definition) is 8. The van der Waals surface area contributed by atoms with Crippen molar-refractivity contribution in [2.75, 3.05) is 0 Å². The highest BCUT2D eigenvalue weighted by atomic mass is 16.3. The Morgan fingerprint density at radius 2 is 1.64 bits per heavy atom. The maximum absolute atomic E-state index is 14.2. The molecule has 0 saturated heterocycles. The van der Waals surface area contributed by atoms with Gasteiger partial charge in [-0.25, -0.2) is 0 Å². The predicted molar refractivity (Wildman–Crippen MR) is 141 cm³/mol. The zero-order valence-corrected chi connectivity index (χ0v) is 23.7. The van der Waals surface area contributed by atoms with Crippen molar-refractivity contribution < 1.29 is 39.0 Å². The van der Waals surface area contributed by atoms with E-state index in [-0.39, 0.29) is 42.3 Å². The van der Waals surface area contributed by atoms with Crippen molar-refractivity contribution in [2.24, 2.45) is 40.4 Å². The van der Waals surface area contributed by atoms with E-state index < -0.39 is 69.0 Å². The number of carbonyl (C=O) groups is 6. The van der Waals surface area contributed by atoms with Crippen LogP contribution in [0.3, 0.4) is 0 Å². The molecule has 0 aliphatic heterocycles. The van der Waals surface area contributed by atoms with E-state index in [9.17, 15) is 39.0 Å². The minimum absolute atomic E-state index is 0.0433. The number of aliphatic hydroxyl groups is 1. The second kappa shape index (κ2) is 9.29. The first-order chi connectivity index (χ1) is 17.9. The summed E-state index contributed by atoms with van der Waals surface area (Å²) in [6.07, 6.45) is 0.920. The van der Waals surface area contributed by atoms with Crippen LogP contribution in [0.2, 0.25) is 0 Å². The normalized spacial score (nSPS) is 34.2. The second-order valence-corrected chi connectivity index (χ2v) is 13.2. The van der Waals surface area contributed by atoms with Crippen LogP contribution < -0.4 is 0 Å². The number of benzene rings is 1. The minimum atomic E-state index is -2.73. The van der Waals surface area contributed by atoms with Crippen molar-refractivity contribution in [2.45, 2.75) is 79.8 Å². The van der Waals surface area contributed by atoms with Crippen LogP contribution in [0.25, 0.3) is 0 Å². The number of Topliss-reactive ketones (excluding diaryl/α,β-unsaturated/α-hetero) is 6. The summed E-state index contributed by atoms with van der Waals surface area (Å²) in [4.78, 5) is 81.1. The molecule has 2 N–H and O–H groups in total. The standard InChI is InChI=1S/C31H38O8/c1-14(2)8-10-19(33)17-9-11-20(34)22-18(17)12-29(6)13-30(7)23(15(3)4)25(35)21(16(5)32)27(37)31(30,39)28(38)24(29)26(22)36/h9,11,14-15,21,23-24,34,39H,8,10,12-13H2,1-7H3/t21?,23?,24?,29-,30-,31+/m1/s1. The Morgan fingerprint density at radius 1 is 1.03 bits per heavy atom. The lowest BCUT2D eigenvalue weighted by Crippen LogP contribution is -2.76. The number of ketones is 6. The van der Waals surface area contributed by atoms with Crippen LogP contribution in [0.5, 0.6) is 5.75 Å². The summed E-state index contributed by atoms with van der Waals surface area (Å²) in [5.41, 5.74) is -4.95. The van der Waals surface area contributed by atoms with Crippen molar-refractivity contribution in [3.63, 3.8) is 0 Å². The van der Waals surface area contributed by atoms with Gasteiger partial charge in [-0.3, -0.25) is 28.8 Å². The van der Waals surface area contributed by atoms with Gasteiger partial charge in [-0.05, 0) is 61.1 Å². The molecule has 4 rings (SSSR count). The van der Waals surface area contributed by atoms with E-state index in [1.807, 2.05) is 13.8 Å². The first-order valence-corrected chi connectivity index (χ1v) is 13.7. The molecular weight excluding hydrogens is 500 g/mol. The Morgan fingerprint density at radius 3 is 2.18 bits per heavy atom. The molecule has 8 heteroatoms. The summed E-state index contributed by atoms with van der Waals surface area (Å²) in [6, 6.07) is 2.76. The molecule has 3 unspecified atom stereocenters. The summed E-state index contributed by atoms with van der Waals surface area (Å²) in [6.45, 7) is 11.8. The van der Waals surface area contributed by atoms with Crippen LogP contribution in [0.1, 0.15) is 94.0 Å². The summed E-state index contributed by atoms with van der Waals surface area (Å²) >= 11 is 0. The predicted octanol–water partition coefficient (Wildman–Crippen LogP) is 3.71. The number of phenols is 1. The lowest BCUT2D eigenvalue weighted by molar-refractivity contribution is -0.205. The topological polar surface area (TPSA) is 143 Å². The fourth-order valence-electron chi connectivity index (χ4n) is 7.95. The molecule has 0 heterocycles. The zero-order chi connectivity index (χ0) is 29.4. The average molecular weight is 539 g/mol. The van der Waals surface area contributed by atoms with E-state index in [2.05, 4.69) is 0 Å². The van der Waals surface area contributed by atoms with Gasteiger partial charge in [-0.2, -0.15) is 0 Å². The highest BCUT2D eigenvalue weighted by Crippen LogP contribution is 2.63. The Balaban J connectivity index is 1.93. The molecule has 0 spiro atoms. The lowest BCUT2D eigenvalue weighted by Gasteiger charge is -2.61. The van der Waals surface area contributed by atoms with E-state index in [0.717, 1.165) is 6.92 Å². The molecule has 3 aliphatic carbocycles. The number of aromatic hydroxyl groups is 1. The van der Waals surface area contributed by atoms with Crippen molar-refractivity contribution in [1.29, 1.82) is 0 Å². The third kappa shape index (κ3) is 3.89. The van der Waals surface area contributed by atoms with Gasteiger partial charge in [0.25, 0.3) is 0 Å². The van der Waals surface area contributed by atoms with E-state index in [1.165, 1.54) is 19.1 Å². The highest BCUT2D eigenvalue weighted by molar-refractivity contribution is 6.32. The lowest BCUT2D eigenvalue weighted by atomic mass is 9.40. The largest absolute Gasteiger partial charge is 0.507 e. The molecule has 6 atom stereocenters.